The highest BCUT2D eigenvalue weighted by Crippen LogP contribution is 2.32. The van der Waals surface area contributed by atoms with Crippen molar-refractivity contribution in [2.75, 3.05) is 50.0 Å². The van der Waals surface area contributed by atoms with Crippen molar-refractivity contribution in [1.29, 1.82) is 0 Å². The molecule has 1 saturated heterocycles. The van der Waals surface area contributed by atoms with Gasteiger partial charge in [0.25, 0.3) is 5.91 Å². The Hall–Kier alpha value is -4.41. The molecule has 1 fully saturated rings. The molecule has 0 spiro atoms. The van der Waals surface area contributed by atoms with Crippen molar-refractivity contribution in [3.05, 3.63) is 83.8 Å². The number of carbonyl (C=O) groups is 1. The van der Waals surface area contributed by atoms with E-state index in [-0.39, 0.29) is 5.91 Å². The highest BCUT2D eigenvalue weighted by atomic mass is 16.5. The zero-order valence-corrected chi connectivity index (χ0v) is 24.2. The third kappa shape index (κ3) is 7.86. The molecule has 1 aliphatic rings. The first-order valence-electron chi connectivity index (χ1n) is 14.5. The third-order valence-electron chi connectivity index (χ3n) is 7.00. The van der Waals surface area contributed by atoms with Crippen molar-refractivity contribution in [2.24, 2.45) is 0 Å². The van der Waals surface area contributed by atoms with E-state index in [0.29, 0.717) is 34.5 Å². The Kier molecular flexibility index (Phi) is 10.0. The quantitative estimate of drug-likeness (QED) is 0.218. The number of nitrogens with one attached hydrogen (secondary N) is 2. The molecule has 0 aliphatic carbocycles. The van der Waals surface area contributed by atoms with Gasteiger partial charge in [0.2, 0.25) is 11.8 Å². The van der Waals surface area contributed by atoms with Crippen LogP contribution in [0.1, 0.15) is 41.3 Å². The van der Waals surface area contributed by atoms with Gasteiger partial charge in [0.1, 0.15) is 12.1 Å². The smallest absolute Gasteiger partial charge is 0.255 e. The number of anilines is 2. The van der Waals surface area contributed by atoms with E-state index in [4.69, 9.17) is 9.47 Å². The van der Waals surface area contributed by atoms with E-state index >= 15 is 0 Å². The van der Waals surface area contributed by atoms with Crippen LogP contribution in [0.5, 0.6) is 11.6 Å². The lowest BCUT2D eigenvalue weighted by Crippen LogP contribution is -2.37. The number of pyridine rings is 1. The zero-order chi connectivity index (χ0) is 29.1. The largest absolute Gasteiger partial charge is 0.438 e. The summed E-state index contributed by atoms with van der Waals surface area (Å²) in [4.78, 5) is 33.2. The SMILES string of the molecule is CCCc1cccc(NC(=O)c2ccc(C)c(Oc3ncccc3-c3ncnc(NCCCN4CCOCC4)n3)c2)c1. The predicted molar refractivity (Wildman–Crippen MR) is 163 cm³/mol. The molecule has 10 nitrogen and oxygen atoms in total. The number of amides is 1. The van der Waals surface area contributed by atoms with E-state index in [1.807, 2.05) is 43.3 Å². The van der Waals surface area contributed by atoms with Gasteiger partial charge in [0, 0.05) is 37.1 Å². The van der Waals surface area contributed by atoms with Crippen LogP contribution in [0, 0.1) is 6.92 Å². The molecule has 0 saturated carbocycles. The first kappa shape index (κ1) is 29.1. The second-order valence-corrected chi connectivity index (χ2v) is 10.2. The van der Waals surface area contributed by atoms with E-state index < -0.39 is 0 Å². The van der Waals surface area contributed by atoms with Crippen molar-refractivity contribution >= 4 is 17.5 Å². The summed E-state index contributed by atoms with van der Waals surface area (Å²) in [6.07, 6.45) is 6.11. The lowest BCUT2D eigenvalue weighted by molar-refractivity contribution is 0.0378. The molecule has 0 unspecified atom stereocenters. The minimum absolute atomic E-state index is 0.212. The van der Waals surface area contributed by atoms with Crippen LogP contribution >= 0.6 is 0 Å². The average Bonchev–Trinajstić information content (AvgIpc) is 3.02. The summed E-state index contributed by atoms with van der Waals surface area (Å²) < 4.78 is 11.7. The molecule has 4 aromatic rings. The molecule has 0 bridgehead atoms. The molecule has 0 atom stereocenters. The van der Waals surface area contributed by atoms with Gasteiger partial charge in [-0.15, -0.1) is 0 Å². The first-order chi connectivity index (χ1) is 20.6. The predicted octanol–water partition coefficient (Wildman–Crippen LogP) is 5.37. The van der Waals surface area contributed by atoms with Crippen molar-refractivity contribution in [3.8, 4) is 23.0 Å². The summed E-state index contributed by atoms with van der Waals surface area (Å²) >= 11 is 0. The van der Waals surface area contributed by atoms with Gasteiger partial charge in [-0.1, -0.05) is 31.5 Å². The Morgan fingerprint density at radius 1 is 1.05 bits per heavy atom. The van der Waals surface area contributed by atoms with Crippen molar-refractivity contribution in [3.63, 3.8) is 0 Å². The van der Waals surface area contributed by atoms with Crippen LogP contribution in [-0.4, -0.2) is 70.1 Å². The summed E-state index contributed by atoms with van der Waals surface area (Å²) in [6.45, 7) is 9.34. The summed E-state index contributed by atoms with van der Waals surface area (Å²) in [5, 5.41) is 6.30. The topological polar surface area (TPSA) is 114 Å². The van der Waals surface area contributed by atoms with Crippen LogP contribution in [0.4, 0.5) is 11.6 Å². The number of morpholine rings is 1. The minimum Gasteiger partial charge on any atom is -0.438 e. The van der Waals surface area contributed by atoms with E-state index in [1.165, 1.54) is 11.9 Å². The normalized spacial score (nSPS) is 13.5. The second kappa shape index (κ2) is 14.5. The molecule has 0 radical (unpaired) electrons. The fraction of sp³-hybridized carbons (Fsp3) is 0.344. The Bertz CT molecular complexity index is 1490. The Morgan fingerprint density at radius 3 is 2.79 bits per heavy atom. The van der Waals surface area contributed by atoms with Crippen LogP contribution in [0.25, 0.3) is 11.4 Å². The number of aromatic nitrogens is 4. The summed E-state index contributed by atoms with van der Waals surface area (Å²) in [5.74, 6) is 1.60. The number of benzene rings is 2. The number of nitrogens with zero attached hydrogens (tertiary/aromatic N) is 5. The van der Waals surface area contributed by atoms with Crippen molar-refractivity contribution in [1.82, 2.24) is 24.8 Å². The Balaban J connectivity index is 1.27. The molecule has 42 heavy (non-hydrogen) atoms. The Labute approximate surface area is 246 Å². The number of hydrogen-bond acceptors (Lipinski definition) is 9. The fourth-order valence-corrected chi connectivity index (χ4v) is 4.73. The van der Waals surface area contributed by atoms with Gasteiger partial charge >= 0.3 is 0 Å². The summed E-state index contributed by atoms with van der Waals surface area (Å²) in [7, 11) is 0. The van der Waals surface area contributed by atoms with Crippen LogP contribution in [-0.2, 0) is 11.2 Å². The number of ether oxygens (including phenoxy) is 2. The lowest BCUT2D eigenvalue weighted by Gasteiger charge is -2.26. The summed E-state index contributed by atoms with van der Waals surface area (Å²) in [5.41, 5.74) is 3.93. The molecule has 5 rings (SSSR count). The highest BCUT2D eigenvalue weighted by molar-refractivity contribution is 6.04. The van der Waals surface area contributed by atoms with Crippen LogP contribution < -0.4 is 15.4 Å². The molecule has 1 aliphatic heterocycles. The number of rotatable bonds is 12. The fourth-order valence-electron chi connectivity index (χ4n) is 4.73. The molecule has 2 aromatic heterocycles. The van der Waals surface area contributed by atoms with Crippen LogP contribution in [0.15, 0.2) is 67.1 Å². The maximum atomic E-state index is 13.1. The second-order valence-electron chi connectivity index (χ2n) is 10.2. The molecule has 2 aromatic carbocycles. The van der Waals surface area contributed by atoms with Crippen LogP contribution in [0.3, 0.4) is 0 Å². The van der Waals surface area contributed by atoms with E-state index in [9.17, 15) is 4.79 Å². The monoisotopic (exact) mass is 567 g/mol. The molecule has 1 amide bonds. The Morgan fingerprint density at radius 2 is 1.93 bits per heavy atom. The third-order valence-corrected chi connectivity index (χ3v) is 7.00. The molecule has 2 N–H and O–H groups in total. The lowest BCUT2D eigenvalue weighted by atomic mass is 10.1. The first-order valence-corrected chi connectivity index (χ1v) is 14.5. The van der Waals surface area contributed by atoms with Gasteiger partial charge in [-0.25, -0.2) is 15.0 Å². The zero-order valence-electron chi connectivity index (χ0n) is 24.2. The minimum atomic E-state index is -0.212. The van der Waals surface area contributed by atoms with Gasteiger partial charge in [0.15, 0.2) is 5.82 Å². The van der Waals surface area contributed by atoms with Crippen molar-refractivity contribution in [2.45, 2.75) is 33.1 Å². The van der Waals surface area contributed by atoms with Gasteiger partial charge in [-0.2, -0.15) is 4.98 Å². The molecule has 218 valence electrons. The van der Waals surface area contributed by atoms with E-state index in [1.54, 1.807) is 18.3 Å². The highest BCUT2D eigenvalue weighted by Gasteiger charge is 2.16. The van der Waals surface area contributed by atoms with Gasteiger partial charge in [0.05, 0.1) is 18.8 Å². The maximum Gasteiger partial charge on any atom is 0.255 e. The van der Waals surface area contributed by atoms with E-state index in [0.717, 1.165) is 69.9 Å². The summed E-state index contributed by atoms with van der Waals surface area (Å²) in [6, 6.07) is 17.0. The molecule has 10 heteroatoms. The van der Waals surface area contributed by atoms with Gasteiger partial charge in [-0.05, 0) is 73.8 Å². The van der Waals surface area contributed by atoms with Gasteiger partial charge in [-0.3, -0.25) is 9.69 Å². The van der Waals surface area contributed by atoms with E-state index in [2.05, 4.69) is 48.5 Å². The van der Waals surface area contributed by atoms with Gasteiger partial charge < -0.3 is 20.1 Å². The number of carbonyl (C=O) groups excluding carboxylic acids is 1. The van der Waals surface area contributed by atoms with Crippen molar-refractivity contribution < 1.29 is 14.3 Å². The molecular weight excluding hydrogens is 530 g/mol. The molecular formula is C32H37N7O3. The number of aryl methyl sites for hydroxylation is 2. The maximum absolute atomic E-state index is 13.1. The molecule has 3 heterocycles. The standard InChI is InChI=1S/C32H37N7O3/c1-3-7-24-8-4-9-26(20-24)37-30(40)25-12-11-23(2)28(21-25)42-31-27(10-5-13-33-31)29-35-22-36-32(38-29)34-14-6-15-39-16-18-41-19-17-39/h4-5,8-13,20-22H,3,6-7,14-19H2,1-2H3,(H,37,40)(H,34,35,36,38). The van der Waals surface area contributed by atoms with Crippen LogP contribution in [0.2, 0.25) is 0 Å². The average molecular weight is 568 g/mol. The number of hydrogen-bond donors (Lipinski definition) is 2.